The first-order valence-electron chi connectivity index (χ1n) is 7.15. The van der Waals surface area contributed by atoms with Gasteiger partial charge in [0, 0.05) is 12.0 Å². The van der Waals surface area contributed by atoms with Gasteiger partial charge in [0.15, 0.2) is 0 Å². The molecule has 0 bridgehead atoms. The van der Waals surface area contributed by atoms with Gasteiger partial charge in [0.05, 0.1) is 0 Å². The Kier molecular flexibility index (Phi) is 3.28. The van der Waals surface area contributed by atoms with Crippen LogP contribution in [0.25, 0.3) is 11.1 Å². The van der Waals surface area contributed by atoms with E-state index in [1.165, 1.54) is 33.6 Å². The molecule has 1 aliphatic carbocycles. The molecule has 0 fully saturated rings. The lowest BCUT2D eigenvalue weighted by atomic mass is 9.98. The fraction of sp³-hybridized carbons (Fsp3) is 0.105. The minimum atomic E-state index is -0.295. The third-order valence-corrected chi connectivity index (χ3v) is 4.79. The van der Waals surface area contributed by atoms with Crippen molar-refractivity contribution in [3.63, 3.8) is 0 Å². The number of carbonyl (C=O) groups is 1. The molecule has 4 rings (SSSR count). The van der Waals surface area contributed by atoms with Crippen molar-refractivity contribution < 1.29 is 9.53 Å². The van der Waals surface area contributed by atoms with Crippen molar-refractivity contribution in [2.75, 3.05) is 6.61 Å². The third-order valence-electron chi connectivity index (χ3n) is 4.00. The molecule has 3 heteroatoms. The quantitative estimate of drug-likeness (QED) is 0.665. The molecule has 1 aromatic heterocycles. The number of rotatable bonds is 3. The molecule has 0 saturated carbocycles. The maximum atomic E-state index is 12.0. The van der Waals surface area contributed by atoms with Gasteiger partial charge in [-0.1, -0.05) is 48.5 Å². The van der Waals surface area contributed by atoms with Crippen molar-refractivity contribution in [1.29, 1.82) is 0 Å². The van der Waals surface area contributed by atoms with Gasteiger partial charge in [0.1, 0.15) is 11.5 Å². The topological polar surface area (TPSA) is 26.3 Å². The van der Waals surface area contributed by atoms with Crippen LogP contribution >= 0.6 is 11.3 Å². The van der Waals surface area contributed by atoms with Gasteiger partial charge in [0.2, 0.25) is 0 Å². The normalized spacial score (nSPS) is 12.7. The molecular formula is C19H13O2S. The number of hydrogen-bond donors (Lipinski definition) is 0. The van der Waals surface area contributed by atoms with Crippen LogP contribution in [-0.2, 0) is 4.74 Å². The summed E-state index contributed by atoms with van der Waals surface area (Å²) < 4.78 is 5.52. The standard InChI is InChI=1S/C19H13O2S/c20-19(18-10-5-11-22-18)21-12-17-15-8-3-1-6-13(15)14-7-2-4-9-16(14)17/h1-9,11,17H,12H2. The van der Waals surface area contributed by atoms with Gasteiger partial charge in [-0.3, -0.25) is 0 Å². The van der Waals surface area contributed by atoms with Gasteiger partial charge < -0.3 is 4.74 Å². The number of thiophene rings is 1. The Hall–Kier alpha value is -2.39. The largest absolute Gasteiger partial charge is 0.460 e. The molecule has 2 aromatic carbocycles. The Morgan fingerprint density at radius 1 is 1.05 bits per heavy atom. The summed E-state index contributed by atoms with van der Waals surface area (Å²) in [6, 6.07) is 21.3. The van der Waals surface area contributed by atoms with Gasteiger partial charge in [-0.15, -0.1) is 11.3 Å². The van der Waals surface area contributed by atoms with Crippen LogP contribution in [0.5, 0.6) is 0 Å². The first kappa shape index (κ1) is 13.3. The molecule has 0 aliphatic heterocycles. The number of hydrogen-bond acceptors (Lipinski definition) is 3. The minimum absolute atomic E-state index is 0.108. The van der Waals surface area contributed by atoms with Crippen LogP contribution in [0.3, 0.4) is 0 Å². The molecule has 0 amide bonds. The second-order valence-electron chi connectivity index (χ2n) is 5.22. The lowest BCUT2D eigenvalue weighted by Gasteiger charge is -2.13. The van der Waals surface area contributed by atoms with Crippen LogP contribution in [0.2, 0.25) is 0 Å². The lowest BCUT2D eigenvalue weighted by molar-refractivity contribution is 0.0499. The van der Waals surface area contributed by atoms with E-state index >= 15 is 0 Å². The van der Waals surface area contributed by atoms with Crippen molar-refractivity contribution in [2.45, 2.75) is 5.92 Å². The number of esters is 1. The Balaban J connectivity index is 1.63. The lowest BCUT2D eigenvalue weighted by Crippen LogP contribution is -2.11. The highest BCUT2D eigenvalue weighted by Gasteiger charge is 2.29. The Labute approximate surface area is 133 Å². The Bertz CT molecular complexity index is 775. The summed E-state index contributed by atoms with van der Waals surface area (Å²) in [6.45, 7) is 0.360. The third kappa shape index (κ3) is 2.14. The fourth-order valence-corrected chi connectivity index (χ4v) is 3.58. The molecule has 0 saturated heterocycles. The number of benzene rings is 2. The first-order chi connectivity index (χ1) is 10.8. The van der Waals surface area contributed by atoms with Gasteiger partial charge in [-0.25, -0.2) is 4.79 Å². The molecule has 107 valence electrons. The SMILES string of the molecule is O=C(OCC1c2ccccc2-c2ccccc21)c1[c]ccs1. The summed E-state index contributed by atoms with van der Waals surface area (Å²) in [5, 5.41) is 1.83. The van der Waals surface area contributed by atoms with Crippen molar-refractivity contribution in [1.82, 2.24) is 0 Å². The molecule has 3 aromatic rings. The molecule has 0 unspecified atom stereocenters. The molecule has 0 N–H and O–H groups in total. The van der Waals surface area contributed by atoms with E-state index in [1.807, 2.05) is 29.6 Å². The summed E-state index contributed by atoms with van der Waals surface area (Å²) in [7, 11) is 0. The fourth-order valence-electron chi connectivity index (χ4n) is 3.02. The van der Waals surface area contributed by atoms with E-state index in [1.54, 1.807) is 6.07 Å². The predicted molar refractivity (Wildman–Crippen MR) is 87.2 cm³/mol. The summed E-state index contributed by atoms with van der Waals surface area (Å²) in [5.74, 6) is -0.187. The van der Waals surface area contributed by atoms with E-state index in [0.29, 0.717) is 11.5 Å². The van der Waals surface area contributed by atoms with E-state index < -0.39 is 0 Å². The zero-order chi connectivity index (χ0) is 14.9. The maximum Gasteiger partial charge on any atom is 0.348 e. The monoisotopic (exact) mass is 305 g/mol. The molecule has 1 heterocycles. The molecule has 0 spiro atoms. The molecule has 1 aliphatic rings. The summed E-state index contributed by atoms with van der Waals surface area (Å²) >= 11 is 1.35. The average molecular weight is 305 g/mol. The van der Waals surface area contributed by atoms with Crippen molar-refractivity contribution in [2.24, 2.45) is 0 Å². The van der Waals surface area contributed by atoms with Crippen molar-refractivity contribution in [3.05, 3.63) is 82.0 Å². The second kappa shape index (κ2) is 5.43. The highest BCUT2D eigenvalue weighted by Crippen LogP contribution is 2.44. The van der Waals surface area contributed by atoms with E-state index in [0.717, 1.165) is 0 Å². The van der Waals surface area contributed by atoms with Crippen LogP contribution in [0.1, 0.15) is 26.7 Å². The molecule has 22 heavy (non-hydrogen) atoms. The predicted octanol–water partition coefficient (Wildman–Crippen LogP) is 4.52. The zero-order valence-electron chi connectivity index (χ0n) is 11.8. The van der Waals surface area contributed by atoms with Gasteiger partial charge in [-0.2, -0.15) is 0 Å². The number of carbonyl (C=O) groups excluding carboxylic acids is 1. The Morgan fingerprint density at radius 3 is 2.27 bits per heavy atom. The van der Waals surface area contributed by atoms with Crippen LogP contribution in [-0.4, -0.2) is 12.6 Å². The molecule has 0 atom stereocenters. The van der Waals surface area contributed by atoms with Crippen LogP contribution in [0, 0.1) is 6.07 Å². The minimum Gasteiger partial charge on any atom is -0.460 e. The number of fused-ring (bicyclic) bond motifs is 3. The second-order valence-corrected chi connectivity index (χ2v) is 6.14. The van der Waals surface area contributed by atoms with E-state index in [-0.39, 0.29) is 11.9 Å². The van der Waals surface area contributed by atoms with Crippen LogP contribution in [0.15, 0.2) is 60.0 Å². The highest BCUT2D eigenvalue weighted by molar-refractivity contribution is 7.11. The summed E-state index contributed by atoms with van der Waals surface area (Å²) in [4.78, 5) is 12.6. The van der Waals surface area contributed by atoms with E-state index in [9.17, 15) is 4.79 Å². The summed E-state index contributed by atoms with van der Waals surface area (Å²) in [5.41, 5.74) is 4.93. The van der Waals surface area contributed by atoms with E-state index in [4.69, 9.17) is 4.74 Å². The first-order valence-corrected chi connectivity index (χ1v) is 8.03. The van der Waals surface area contributed by atoms with Crippen molar-refractivity contribution >= 4 is 17.3 Å². The summed E-state index contributed by atoms with van der Waals surface area (Å²) in [6.07, 6.45) is 0. The van der Waals surface area contributed by atoms with Gasteiger partial charge in [-0.05, 0) is 33.7 Å². The zero-order valence-corrected chi connectivity index (χ0v) is 12.6. The van der Waals surface area contributed by atoms with Crippen molar-refractivity contribution in [3.8, 4) is 11.1 Å². The number of ether oxygens (including phenoxy) is 1. The highest BCUT2D eigenvalue weighted by atomic mass is 32.1. The molecule has 1 radical (unpaired) electrons. The van der Waals surface area contributed by atoms with Crippen LogP contribution in [0.4, 0.5) is 0 Å². The van der Waals surface area contributed by atoms with E-state index in [2.05, 4.69) is 30.3 Å². The average Bonchev–Trinajstić information content (AvgIpc) is 3.20. The molecular weight excluding hydrogens is 292 g/mol. The maximum absolute atomic E-state index is 12.0. The molecule has 2 nitrogen and oxygen atoms in total. The van der Waals surface area contributed by atoms with Gasteiger partial charge >= 0.3 is 5.97 Å². The smallest absolute Gasteiger partial charge is 0.348 e. The van der Waals surface area contributed by atoms with Gasteiger partial charge in [0.25, 0.3) is 0 Å². The van der Waals surface area contributed by atoms with Crippen LogP contribution < -0.4 is 0 Å². The Morgan fingerprint density at radius 2 is 1.68 bits per heavy atom.